The summed E-state index contributed by atoms with van der Waals surface area (Å²) in [6.45, 7) is 3.47. The molecule has 3 aromatic heterocycles. The van der Waals surface area contributed by atoms with Crippen LogP contribution >= 0.6 is 0 Å². The van der Waals surface area contributed by atoms with E-state index in [0.717, 1.165) is 18.4 Å². The van der Waals surface area contributed by atoms with E-state index in [1.807, 2.05) is 23.6 Å². The highest BCUT2D eigenvalue weighted by molar-refractivity contribution is 7.91. The Labute approximate surface area is 187 Å². The third kappa shape index (κ3) is 4.49. The van der Waals surface area contributed by atoms with Gasteiger partial charge < -0.3 is 14.0 Å². The molecule has 0 spiro atoms. The van der Waals surface area contributed by atoms with Crippen LogP contribution < -0.4 is 4.74 Å². The molecule has 3 heterocycles. The molecule has 0 unspecified atom stereocenters. The van der Waals surface area contributed by atoms with Crippen LogP contribution in [0.25, 0.3) is 11.5 Å². The number of aromatic nitrogens is 6. The highest BCUT2D eigenvalue weighted by atomic mass is 32.2. The fourth-order valence-corrected chi connectivity index (χ4v) is 4.95. The zero-order valence-corrected chi connectivity index (χ0v) is 19.3. The highest BCUT2D eigenvalue weighted by Gasteiger charge is 2.37. The van der Waals surface area contributed by atoms with Crippen molar-refractivity contribution < 1.29 is 17.9 Å². The van der Waals surface area contributed by atoms with Gasteiger partial charge in [0.25, 0.3) is 0 Å². The number of ether oxygens (including phenoxy) is 2. The van der Waals surface area contributed by atoms with Crippen molar-refractivity contribution in [2.24, 2.45) is 0 Å². The molecule has 4 rings (SSSR count). The molecular weight excluding hydrogens is 432 g/mol. The van der Waals surface area contributed by atoms with Crippen molar-refractivity contribution in [3.8, 4) is 17.4 Å². The van der Waals surface area contributed by atoms with E-state index in [2.05, 4.69) is 25.1 Å². The van der Waals surface area contributed by atoms with Crippen molar-refractivity contribution in [3.63, 3.8) is 0 Å². The van der Waals surface area contributed by atoms with Crippen molar-refractivity contribution >= 4 is 9.84 Å². The Bertz CT molecular complexity index is 1190. The van der Waals surface area contributed by atoms with Crippen molar-refractivity contribution in [1.82, 2.24) is 29.7 Å². The number of pyridine rings is 1. The molecule has 0 amide bonds. The Kier molecular flexibility index (Phi) is 6.20. The third-order valence-corrected chi connectivity index (χ3v) is 7.51. The van der Waals surface area contributed by atoms with Gasteiger partial charge in [0.1, 0.15) is 23.4 Å². The fraction of sp³-hybridized carbons (Fsp3) is 0.476. The summed E-state index contributed by atoms with van der Waals surface area (Å²) < 4.78 is 39.2. The Morgan fingerprint density at radius 3 is 2.50 bits per heavy atom. The van der Waals surface area contributed by atoms with E-state index in [0.29, 0.717) is 29.0 Å². The Hall–Kier alpha value is -2.92. The van der Waals surface area contributed by atoms with E-state index >= 15 is 0 Å². The lowest BCUT2D eigenvalue weighted by atomic mass is 10.2. The number of nitrogens with zero attached hydrogens (tertiary/aromatic N) is 6. The summed E-state index contributed by atoms with van der Waals surface area (Å²) in [6, 6.07) is 5.53. The van der Waals surface area contributed by atoms with Gasteiger partial charge in [-0.1, -0.05) is 6.07 Å². The first-order valence-electron chi connectivity index (χ1n) is 10.3. The number of aryl methyl sites for hydroxylation is 1. The topological polar surface area (TPSA) is 122 Å². The lowest BCUT2D eigenvalue weighted by molar-refractivity contribution is 0.0947. The largest absolute Gasteiger partial charge is 0.481 e. The number of methoxy groups -OCH3 is 2. The van der Waals surface area contributed by atoms with E-state index < -0.39 is 21.2 Å². The van der Waals surface area contributed by atoms with Crippen molar-refractivity contribution in [3.05, 3.63) is 47.8 Å². The second kappa shape index (κ2) is 8.91. The lowest BCUT2D eigenvalue weighted by Gasteiger charge is -2.21. The minimum absolute atomic E-state index is 0.159. The standard InChI is InChI=1S/C21H26N6O4S/c1-13-10-22-20(23-11-13)19(31-4)14(2)32(28,29)12-17-25-26-21(27(17)15-8-9-15)16-6-5-7-18(24-16)30-3/h5-7,10-11,14-15,19H,8-9,12H2,1-4H3/t14-,19-/m0/s1. The molecular formula is C21H26N6O4S. The van der Waals surface area contributed by atoms with Gasteiger partial charge in [-0.2, -0.15) is 0 Å². The summed E-state index contributed by atoms with van der Waals surface area (Å²) in [5.41, 5.74) is 1.47. The van der Waals surface area contributed by atoms with Crippen LogP contribution in [0.2, 0.25) is 0 Å². The van der Waals surface area contributed by atoms with Gasteiger partial charge in [-0.15, -0.1) is 10.2 Å². The number of hydrogen-bond donors (Lipinski definition) is 0. The van der Waals surface area contributed by atoms with Gasteiger partial charge in [0.15, 0.2) is 21.5 Å². The van der Waals surface area contributed by atoms with E-state index in [1.54, 1.807) is 32.5 Å². The third-order valence-electron chi connectivity index (χ3n) is 5.47. The van der Waals surface area contributed by atoms with Crippen LogP contribution in [0.5, 0.6) is 5.88 Å². The molecule has 11 heteroatoms. The maximum Gasteiger partial charge on any atom is 0.213 e. The van der Waals surface area contributed by atoms with E-state index in [9.17, 15) is 8.42 Å². The molecule has 0 radical (unpaired) electrons. The van der Waals surface area contributed by atoms with Gasteiger partial charge in [-0.05, 0) is 38.3 Å². The zero-order valence-electron chi connectivity index (χ0n) is 18.5. The molecule has 1 fully saturated rings. The average molecular weight is 459 g/mol. The first kappa shape index (κ1) is 22.3. The second-order valence-corrected chi connectivity index (χ2v) is 10.3. The van der Waals surface area contributed by atoms with Crippen LogP contribution in [-0.4, -0.2) is 57.6 Å². The molecule has 32 heavy (non-hydrogen) atoms. The Balaban J connectivity index is 1.64. The zero-order chi connectivity index (χ0) is 22.9. The number of sulfone groups is 1. The molecule has 0 saturated heterocycles. The molecule has 170 valence electrons. The van der Waals surface area contributed by atoms with Crippen LogP contribution in [0.1, 0.15) is 49.1 Å². The van der Waals surface area contributed by atoms with Crippen LogP contribution in [0, 0.1) is 6.92 Å². The maximum atomic E-state index is 13.3. The van der Waals surface area contributed by atoms with Gasteiger partial charge in [0, 0.05) is 31.6 Å². The van der Waals surface area contributed by atoms with Crippen molar-refractivity contribution in [2.45, 2.75) is 49.8 Å². The van der Waals surface area contributed by atoms with Gasteiger partial charge >= 0.3 is 0 Å². The molecule has 3 aromatic rings. The van der Waals surface area contributed by atoms with Crippen LogP contribution in [0.3, 0.4) is 0 Å². The second-order valence-electron chi connectivity index (χ2n) is 7.89. The van der Waals surface area contributed by atoms with E-state index in [4.69, 9.17) is 9.47 Å². The van der Waals surface area contributed by atoms with Crippen molar-refractivity contribution in [1.29, 1.82) is 0 Å². The van der Waals surface area contributed by atoms with Crippen molar-refractivity contribution in [2.75, 3.05) is 14.2 Å². The average Bonchev–Trinajstić information content (AvgIpc) is 3.55. The Morgan fingerprint density at radius 2 is 1.88 bits per heavy atom. The summed E-state index contributed by atoms with van der Waals surface area (Å²) in [6.07, 6.45) is 4.37. The smallest absolute Gasteiger partial charge is 0.213 e. The molecule has 1 saturated carbocycles. The van der Waals surface area contributed by atoms with Gasteiger partial charge in [0.2, 0.25) is 5.88 Å². The maximum absolute atomic E-state index is 13.3. The molecule has 10 nitrogen and oxygen atoms in total. The SMILES string of the molecule is COc1cccc(-c2nnc(CS(=O)(=O)[C@@H](C)[C@H](OC)c3ncc(C)cn3)n2C2CC2)n1. The minimum Gasteiger partial charge on any atom is -0.481 e. The fourth-order valence-electron chi connectivity index (χ4n) is 3.52. The number of rotatable bonds is 9. The molecule has 0 aromatic carbocycles. The predicted octanol–water partition coefficient (Wildman–Crippen LogP) is 2.47. The molecule has 0 N–H and O–H groups in total. The van der Waals surface area contributed by atoms with Gasteiger partial charge in [-0.25, -0.2) is 23.4 Å². The normalized spacial score (nSPS) is 16.0. The molecule has 1 aliphatic carbocycles. The summed E-state index contributed by atoms with van der Waals surface area (Å²) >= 11 is 0. The Morgan fingerprint density at radius 1 is 1.16 bits per heavy atom. The van der Waals surface area contributed by atoms with Crippen LogP contribution in [0.15, 0.2) is 30.6 Å². The molecule has 2 atom stereocenters. The minimum atomic E-state index is -3.67. The monoisotopic (exact) mass is 458 g/mol. The van der Waals surface area contributed by atoms with E-state index in [-0.39, 0.29) is 11.8 Å². The first-order chi connectivity index (χ1) is 15.3. The highest BCUT2D eigenvalue weighted by Crippen LogP contribution is 2.39. The molecule has 1 aliphatic rings. The molecule has 0 aliphatic heterocycles. The predicted molar refractivity (Wildman–Crippen MR) is 117 cm³/mol. The van der Waals surface area contributed by atoms with E-state index in [1.165, 1.54) is 7.11 Å². The first-order valence-corrected chi connectivity index (χ1v) is 12.0. The summed E-state index contributed by atoms with van der Waals surface area (Å²) in [4.78, 5) is 12.9. The quantitative estimate of drug-likeness (QED) is 0.476. The summed E-state index contributed by atoms with van der Waals surface area (Å²) in [5, 5.41) is 7.62. The van der Waals surface area contributed by atoms with Gasteiger partial charge in [-0.3, -0.25) is 0 Å². The molecule has 0 bridgehead atoms. The lowest BCUT2D eigenvalue weighted by Crippen LogP contribution is -2.30. The summed E-state index contributed by atoms with van der Waals surface area (Å²) in [7, 11) is -0.666. The van der Waals surface area contributed by atoms with Gasteiger partial charge in [0.05, 0.1) is 12.4 Å². The van der Waals surface area contributed by atoms with Crippen LogP contribution in [-0.2, 0) is 20.3 Å². The number of hydrogen-bond acceptors (Lipinski definition) is 9. The summed E-state index contributed by atoms with van der Waals surface area (Å²) in [5.74, 6) is 1.44. The van der Waals surface area contributed by atoms with Crippen LogP contribution in [0.4, 0.5) is 0 Å².